The molecular weight excluding hydrogens is 521 g/mol. The molecule has 1 amide bonds. The van der Waals surface area contributed by atoms with Crippen molar-refractivity contribution in [2.45, 2.75) is 19.8 Å². The monoisotopic (exact) mass is 545 g/mol. The highest BCUT2D eigenvalue weighted by Gasteiger charge is 2.27. The molecule has 9 heteroatoms. The Morgan fingerprint density at radius 1 is 0.921 bits per heavy atom. The molecule has 0 unspecified atom stereocenters. The number of piperazine rings is 1. The predicted molar refractivity (Wildman–Crippen MR) is 151 cm³/mol. The van der Waals surface area contributed by atoms with Crippen molar-refractivity contribution in [3.8, 4) is 11.3 Å². The van der Waals surface area contributed by atoms with E-state index in [0.717, 1.165) is 51.9 Å². The lowest BCUT2D eigenvalue weighted by atomic mass is 10.0. The number of hydrogen-bond acceptors (Lipinski definition) is 6. The number of aryl methyl sites for hydroxylation is 1. The molecule has 0 atom stereocenters. The SMILES string of the molecule is CCCc1nc(N2CCN(C(=O)c3ccc(Cl)c(Cl)c3)CC2)c2c(-c3ccc4ccccc4c3)noc2n1. The minimum atomic E-state index is -0.0652. The maximum Gasteiger partial charge on any atom is 0.263 e. The van der Waals surface area contributed by atoms with Crippen molar-refractivity contribution in [3.63, 3.8) is 0 Å². The van der Waals surface area contributed by atoms with Crippen LogP contribution in [0.4, 0.5) is 5.82 Å². The molecule has 0 aliphatic carbocycles. The number of benzene rings is 3. The summed E-state index contributed by atoms with van der Waals surface area (Å²) in [7, 11) is 0. The van der Waals surface area contributed by atoms with Crippen molar-refractivity contribution >= 4 is 56.8 Å². The Morgan fingerprint density at radius 2 is 1.71 bits per heavy atom. The lowest BCUT2D eigenvalue weighted by Crippen LogP contribution is -2.49. The van der Waals surface area contributed by atoms with Crippen molar-refractivity contribution in [1.29, 1.82) is 0 Å². The summed E-state index contributed by atoms with van der Waals surface area (Å²) < 4.78 is 5.76. The third-order valence-corrected chi connectivity index (χ3v) is 7.63. The smallest absolute Gasteiger partial charge is 0.263 e. The number of nitrogens with zero attached hydrogens (tertiary/aromatic N) is 5. The van der Waals surface area contributed by atoms with E-state index in [0.29, 0.717) is 47.5 Å². The molecule has 2 aromatic heterocycles. The van der Waals surface area contributed by atoms with Crippen LogP contribution >= 0.6 is 23.2 Å². The third-order valence-electron chi connectivity index (χ3n) is 6.89. The van der Waals surface area contributed by atoms with Gasteiger partial charge in [-0.15, -0.1) is 0 Å². The maximum absolute atomic E-state index is 13.1. The zero-order chi connectivity index (χ0) is 26.2. The minimum absolute atomic E-state index is 0.0652. The molecule has 3 aromatic carbocycles. The molecule has 38 heavy (non-hydrogen) atoms. The van der Waals surface area contributed by atoms with E-state index in [9.17, 15) is 4.79 Å². The van der Waals surface area contributed by atoms with Crippen LogP contribution in [0.2, 0.25) is 10.0 Å². The number of carbonyl (C=O) groups is 1. The number of rotatable bonds is 5. The van der Waals surface area contributed by atoms with Gasteiger partial charge >= 0.3 is 0 Å². The van der Waals surface area contributed by atoms with Gasteiger partial charge in [-0.1, -0.05) is 71.7 Å². The van der Waals surface area contributed by atoms with E-state index < -0.39 is 0 Å². The Kier molecular flexibility index (Phi) is 6.64. The molecule has 0 saturated carbocycles. The number of hydrogen-bond donors (Lipinski definition) is 0. The Bertz CT molecular complexity index is 1660. The zero-order valence-electron chi connectivity index (χ0n) is 20.8. The van der Waals surface area contributed by atoms with Crippen LogP contribution in [-0.2, 0) is 6.42 Å². The van der Waals surface area contributed by atoms with Gasteiger partial charge in [-0.2, -0.15) is 4.98 Å². The van der Waals surface area contributed by atoms with Crippen LogP contribution in [0.1, 0.15) is 29.5 Å². The van der Waals surface area contributed by atoms with Crippen molar-refractivity contribution in [2.75, 3.05) is 31.1 Å². The summed E-state index contributed by atoms with van der Waals surface area (Å²) in [6, 6.07) is 19.5. The van der Waals surface area contributed by atoms with Crippen molar-refractivity contribution < 1.29 is 9.32 Å². The highest BCUT2D eigenvalue weighted by atomic mass is 35.5. The largest absolute Gasteiger partial charge is 0.352 e. The van der Waals surface area contributed by atoms with Crippen LogP contribution in [0.3, 0.4) is 0 Å². The van der Waals surface area contributed by atoms with Gasteiger partial charge in [-0.3, -0.25) is 4.79 Å². The van der Waals surface area contributed by atoms with Crippen molar-refractivity contribution in [1.82, 2.24) is 20.0 Å². The fourth-order valence-corrected chi connectivity index (χ4v) is 5.21. The summed E-state index contributed by atoms with van der Waals surface area (Å²) in [5.41, 5.74) is 2.68. The fraction of sp³-hybridized carbons (Fsp3) is 0.241. The molecule has 1 saturated heterocycles. The van der Waals surface area contributed by atoms with E-state index >= 15 is 0 Å². The molecule has 0 bridgehead atoms. The average molecular weight is 546 g/mol. The van der Waals surface area contributed by atoms with Gasteiger partial charge in [-0.05, 0) is 41.5 Å². The zero-order valence-corrected chi connectivity index (χ0v) is 22.3. The first-order valence-corrected chi connectivity index (χ1v) is 13.4. The molecule has 1 aliphatic rings. The van der Waals surface area contributed by atoms with Crippen LogP contribution < -0.4 is 4.90 Å². The first-order valence-electron chi connectivity index (χ1n) is 12.7. The summed E-state index contributed by atoms with van der Waals surface area (Å²) in [5.74, 6) is 1.46. The summed E-state index contributed by atoms with van der Waals surface area (Å²) in [5, 5.41) is 8.32. The molecule has 0 radical (unpaired) electrons. The quantitative estimate of drug-likeness (QED) is 0.246. The highest BCUT2D eigenvalue weighted by Crippen LogP contribution is 2.35. The summed E-state index contributed by atoms with van der Waals surface area (Å²) in [6.07, 6.45) is 1.66. The van der Waals surface area contributed by atoms with Gasteiger partial charge in [0.05, 0.1) is 10.0 Å². The average Bonchev–Trinajstić information content (AvgIpc) is 3.38. The van der Waals surface area contributed by atoms with Crippen LogP contribution in [0.5, 0.6) is 0 Å². The van der Waals surface area contributed by atoms with Crippen molar-refractivity contribution in [3.05, 3.63) is 82.1 Å². The summed E-state index contributed by atoms with van der Waals surface area (Å²) >= 11 is 12.2. The second kappa shape index (κ2) is 10.2. The lowest BCUT2D eigenvalue weighted by molar-refractivity contribution is 0.0746. The van der Waals surface area contributed by atoms with E-state index in [4.69, 9.17) is 32.7 Å². The Balaban J connectivity index is 1.33. The van der Waals surface area contributed by atoms with Gasteiger partial charge in [0.15, 0.2) is 0 Å². The second-order valence-electron chi connectivity index (χ2n) is 9.39. The number of carbonyl (C=O) groups excluding carboxylic acids is 1. The van der Waals surface area contributed by atoms with E-state index in [1.54, 1.807) is 18.2 Å². The fourth-order valence-electron chi connectivity index (χ4n) is 4.91. The Morgan fingerprint density at radius 3 is 2.47 bits per heavy atom. The second-order valence-corrected chi connectivity index (χ2v) is 10.2. The van der Waals surface area contributed by atoms with E-state index in [1.165, 1.54) is 0 Å². The molecular formula is C29H25Cl2N5O2. The third kappa shape index (κ3) is 4.57. The Labute approximate surface area is 230 Å². The molecule has 6 rings (SSSR count). The van der Waals surface area contributed by atoms with Gasteiger partial charge in [-0.25, -0.2) is 4.98 Å². The Hall–Kier alpha value is -3.68. The van der Waals surface area contributed by atoms with Crippen molar-refractivity contribution in [2.24, 2.45) is 0 Å². The maximum atomic E-state index is 13.1. The van der Waals surface area contributed by atoms with Crippen LogP contribution in [0, 0.1) is 0 Å². The molecule has 1 aliphatic heterocycles. The molecule has 5 aromatic rings. The molecule has 192 valence electrons. The molecule has 3 heterocycles. The topological polar surface area (TPSA) is 75.4 Å². The van der Waals surface area contributed by atoms with E-state index in [2.05, 4.69) is 52.3 Å². The number of anilines is 1. The minimum Gasteiger partial charge on any atom is -0.352 e. The summed E-state index contributed by atoms with van der Waals surface area (Å²) in [4.78, 5) is 26.8. The standard InChI is InChI=1S/C29H25Cl2N5O2/c1-2-5-24-32-27(35-12-14-36(15-13-35)29(37)21-10-11-22(30)23(31)17-21)25-26(34-38-28(25)33-24)20-9-8-18-6-3-4-7-19(18)16-20/h3-4,6-11,16-17H,2,5,12-15H2,1H3. The number of halogens is 2. The lowest BCUT2D eigenvalue weighted by Gasteiger charge is -2.35. The van der Waals surface area contributed by atoms with Gasteiger partial charge in [0, 0.05) is 43.7 Å². The summed E-state index contributed by atoms with van der Waals surface area (Å²) in [6.45, 7) is 4.43. The van der Waals surface area contributed by atoms with E-state index in [-0.39, 0.29) is 5.91 Å². The number of aromatic nitrogens is 3. The first-order chi connectivity index (χ1) is 18.5. The van der Waals surface area contributed by atoms with Crippen LogP contribution in [0.15, 0.2) is 65.2 Å². The normalized spacial score (nSPS) is 14.0. The van der Waals surface area contributed by atoms with Gasteiger partial charge in [0.2, 0.25) is 0 Å². The van der Waals surface area contributed by atoms with Crippen LogP contribution in [0.25, 0.3) is 33.1 Å². The molecule has 1 fully saturated rings. The predicted octanol–water partition coefficient (Wildman–Crippen LogP) is 6.66. The van der Waals surface area contributed by atoms with Gasteiger partial charge < -0.3 is 14.3 Å². The molecule has 7 nitrogen and oxygen atoms in total. The molecule has 0 N–H and O–H groups in total. The van der Waals surface area contributed by atoms with Gasteiger partial charge in [0.25, 0.3) is 11.6 Å². The van der Waals surface area contributed by atoms with E-state index in [1.807, 2.05) is 17.0 Å². The highest BCUT2D eigenvalue weighted by molar-refractivity contribution is 6.42. The van der Waals surface area contributed by atoms with Crippen LogP contribution in [-0.4, -0.2) is 52.1 Å². The number of fused-ring (bicyclic) bond motifs is 2. The number of amides is 1. The first kappa shape index (κ1) is 24.6. The molecule has 0 spiro atoms. The van der Waals surface area contributed by atoms with Gasteiger partial charge in [0.1, 0.15) is 22.7 Å².